The van der Waals surface area contributed by atoms with Crippen LogP contribution in [-0.2, 0) is 21.4 Å². The Balaban J connectivity index is 1.93. The number of carbonyl (C=O) groups is 1. The van der Waals surface area contributed by atoms with E-state index in [1.54, 1.807) is 42.5 Å². The molecule has 0 saturated carbocycles. The first-order chi connectivity index (χ1) is 12.3. The van der Waals surface area contributed by atoms with Crippen molar-refractivity contribution in [3.8, 4) is 5.75 Å². The molecule has 2 aromatic rings. The van der Waals surface area contributed by atoms with E-state index in [4.69, 9.17) is 4.74 Å². The van der Waals surface area contributed by atoms with Crippen molar-refractivity contribution in [2.45, 2.75) is 13.5 Å². The summed E-state index contributed by atoms with van der Waals surface area (Å²) in [5.74, 6) is -1.57. The molecule has 2 aromatic carbocycles. The molecule has 8 heteroatoms. The Kier molecular flexibility index (Phi) is 6.57. The second-order valence-corrected chi connectivity index (χ2v) is 7.59. The second kappa shape index (κ2) is 8.66. The predicted octanol–water partition coefficient (Wildman–Crippen LogP) is 2.53. The lowest BCUT2D eigenvalue weighted by Gasteiger charge is -2.14. The fraction of sp³-hybridized carbons (Fsp3) is 0.278. The van der Waals surface area contributed by atoms with Crippen LogP contribution in [0.3, 0.4) is 0 Å². The molecule has 140 valence electrons. The number of hydrogen-bond acceptors (Lipinski definition) is 4. The summed E-state index contributed by atoms with van der Waals surface area (Å²) in [5.41, 5.74) is 0.689. The Hall–Kier alpha value is -2.61. The Morgan fingerprint density at radius 3 is 2.62 bits per heavy atom. The van der Waals surface area contributed by atoms with Gasteiger partial charge < -0.3 is 10.1 Å². The number of methoxy groups -OCH3 is 1. The number of hydrogen-bond donors (Lipinski definition) is 2. The van der Waals surface area contributed by atoms with E-state index in [9.17, 15) is 17.6 Å². The molecule has 2 rings (SSSR count). The molecule has 0 aromatic heterocycles. The summed E-state index contributed by atoms with van der Waals surface area (Å²) < 4.78 is 45.5. The van der Waals surface area contributed by atoms with Gasteiger partial charge in [0.15, 0.2) is 0 Å². The van der Waals surface area contributed by atoms with Crippen LogP contribution >= 0.6 is 0 Å². The molecule has 1 unspecified atom stereocenters. The molecule has 0 heterocycles. The third kappa shape index (κ3) is 5.73. The first kappa shape index (κ1) is 19.7. The number of ether oxygens (including phenoxy) is 1. The molecule has 1 atom stereocenters. The molecule has 0 saturated heterocycles. The fourth-order valence-electron chi connectivity index (χ4n) is 2.31. The molecule has 6 nitrogen and oxygen atoms in total. The molecule has 2 N–H and O–H groups in total. The van der Waals surface area contributed by atoms with Gasteiger partial charge in [0.05, 0.1) is 24.5 Å². The Morgan fingerprint density at radius 1 is 1.19 bits per heavy atom. The summed E-state index contributed by atoms with van der Waals surface area (Å²) in [6, 6.07) is 12.5. The molecule has 0 fully saturated rings. The molecular weight excluding hydrogens is 359 g/mol. The van der Waals surface area contributed by atoms with Crippen molar-refractivity contribution in [2.24, 2.45) is 5.92 Å². The highest BCUT2D eigenvalue weighted by Gasteiger charge is 2.22. The van der Waals surface area contributed by atoms with Gasteiger partial charge in [0.25, 0.3) is 0 Å². The van der Waals surface area contributed by atoms with Gasteiger partial charge in [0.1, 0.15) is 11.6 Å². The van der Waals surface area contributed by atoms with Crippen molar-refractivity contribution < 1.29 is 22.3 Å². The van der Waals surface area contributed by atoms with Crippen LogP contribution in [0.15, 0.2) is 48.5 Å². The summed E-state index contributed by atoms with van der Waals surface area (Å²) >= 11 is 0. The average Bonchev–Trinajstić information content (AvgIpc) is 2.60. The predicted molar refractivity (Wildman–Crippen MR) is 97.8 cm³/mol. The third-order valence-corrected chi connectivity index (χ3v) is 5.16. The maximum Gasteiger partial charge on any atom is 0.233 e. The molecule has 26 heavy (non-hydrogen) atoms. The van der Waals surface area contributed by atoms with E-state index in [1.807, 2.05) is 0 Å². The maximum absolute atomic E-state index is 13.5. The van der Waals surface area contributed by atoms with Crippen molar-refractivity contribution in [2.75, 3.05) is 17.6 Å². The van der Waals surface area contributed by atoms with Crippen LogP contribution in [0.2, 0.25) is 0 Å². The highest BCUT2D eigenvalue weighted by atomic mass is 32.2. The number of benzene rings is 2. The number of amides is 1. The van der Waals surface area contributed by atoms with E-state index in [-0.39, 0.29) is 6.54 Å². The average molecular weight is 380 g/mol. The normalized spacial score (nSPS) is 12.3. The number of halogens is 1. The first-order valence-electron chi connectivity index (χ1n) is 7.96. The second-order valence-electron chi connectivity index (χ2n) is 5.83. The van der Waals surface area contributed by atoms with Crippen molar-refractivity contribution >= 4 is 21.6 Å². The summed E-state index contributed by atoms with van der Waals surface area (Å²) in [6.07, 6.45) is 0. The van der Waals surface area contributed by atoms with Gasteiger partial charge in [-0.3, -0.25) is 9.52 Å². The summed E-state index contributed by atoms with van der Waals surface area (Å²) in [6.45, 7) is 1.50. The number of rotatable bonds is 8. The number of nitrogens with one attached hydrogen (secondary N) is 2. The van der Waals surface area contributed by atoms with Gasteiger partial charge in [-0.05, 0) is 18.2 Å². The van der Waals surface area contributed by atoms with Crippen molar-refractivity contribution in [3.05, 3.63) is 59.9 Å². The lowest BCUT2D eigenvalue weighted by molar-refractivity contribution is -0.124. The van der Waals surface area contributed by atoms with Crippen molar-refractivity contribution in [1.29, 1.82) is 0 Å². The molecule has 0 aliphatic rings. The van der Waals surface area contributed by atoms with Gasteiger partial charge in [0.2, 0.25) is 15.9 Å². The quantitative estimate of drug-likeness (QED) is 0.737. The van der Waals surface area contributed by atoms with Gasteiger partial charge in [-0.1, -0.05) is 31.2 Å². The van der Waals surface area contributed by atoms with E-state index in [0.29, 0.717) is 17.0 Å². The molecule has 0 aliphatic heterocycles. The third-order valence-electron chi connectivity index (χ3n) is 3.67. The summed E-state index contributed by atoms with van der Waals surface area (Å²) in [4.78, 5) is 12.1. The molecular formula is C18H21FN2O4S. The number of sulfonamides is 1. The Labute approximate surface area is 152 Å². The minimum Gasteiger partial charge on any atom is -0.497 e. The minimum absolute atomic E-state index is 0.000787. The van der Waals surface area contributed by atoms with E-state index >= 15 is 0 Å². The molecule has 0 radical (unpaired) electrons. The topological polar surface area (TPSA) is 84.5 Å². The van der Waals surface area contributed by atoms with E-state index < -0.39 is 33.4 Å². The largest absolute Gasteiger partial charge is 0.497 e. The minimum atomic E-state index is -3.74. The van der Waals surface area contributed by atoms with E-state index in [1.165, 1.54) is 20.1 Å². The fourth-order valence-corrected chi connectivity index (χ4v) is 3.69. The lowest BCUT2D eigenvalue weighted by atomic mass is 10.2. The zero-order valence-corrected chi connectivity index (χ0v) is 15.3. The SMILES string of the molecule is COc1cccc(NS(=O)(=O)CC(C)C(=O)NCc2ccccc2F)c1. The van der Waals surface area contributed by atoms with Gasteiger partial charge in [-0.2, -0.15) is 0 Å². The zero-order valence-electron chi connectivity index (χ0n) is 14.5. The first-order valence-corrected chi connectivity index (χ1v) is 9.61. The van der Waals surface area contributed by atoms with E-state index in [0.717, 1.165) is 0 Å². The smallest absolute Gasteiger partial charge is 0.233 e. The van der Waals surface area contributed by atoms with E-state index in [2.05, 4.69) is 10.0 Å². The number of carbonyl (C=O) groups excluding carboxylic acids is 1. The summed E-state index contributed by atoms with van der Waals surface area (Å²) in [5, 5.41) is 2.55. The maximum atomic E-state index is 13.5. The van der Waals surface area contributed by atoms with Crippen LogP contribution in [0, 0.1) is 11.7 Å². The van der Waals surface area contributed by atoms with Gasteiger partial charge in [0, 0.05) is 18.2 Å². The van der Waals surface area contributed by atoms with Crippen LogP contribution in [0.25, 0.3) is 0 Å². The summed E-state index contributed by atoms with van der Waals surface area (Å²) in [7, 11) is -2.25. The van der Waals surface area contributed by atoms with Crippen LogP contribution in [0.4, 0.5) is 10.1 Å². The number of anilines is 1. The van der Waals surface area contributed by atoms with Crippen LogP contribution in [-0.4, -0.2) is 27.2 Å². The van der Waals surface area contributed by atoms with Gasteiger partial charge in [-0.15, -0.1) is 0 Å². The van der Waals surface area contributed by atoms with Crippen LogP contribution in [0.5, 0.6) is 5.75 Å². The van der Waals surface area contributed by atoms with Crippen molar-refractivity contribution in [1.82, 2.24) is 5.32 Å². The molecule has 0 aliphatic carbocycles. The Morgan fingerprint density at radius 2 is 1.92 bits per heavy atom. The molecule has 0 spiro atoms. The zero-order chi connectivity index (χ0) is 19.2. The standard InChI is InChI=1S/C18H21FN2O4S/c1-13(18(22)20-11-14-6-3-4-9-17(14)19)12-26(23,24)21-15-7-5-8-16(10-15)25-2/h3-10,13,21H,11-12H2,1-2H3,(H,20,22). The highest BCUT2D eigenvalue weighted by Crippen LogP contribution is 2.18. The van der Waals surface area contributed by atoms with Crippen LogP contribution in [0.1, 0.15) is 12.5 Å². The van der Waals surface area contributed by atoms with Gasteiger partial charge >= 0.3 is 0 Å². The molecule has 0 bridgehead atoms. The molecule has 1 amide bonds. The Bertz CT molecular complexity index is 871. The highest BCUT2D eigenvalue weighted by molar-refractivity contribution is 7.92. The van der Waals surface area contributed by atoms with Gasteiger partial charge in [-0.25, -0.2) is 12.8 Å². The monoisotopic (exact) mass is 380 g/mol. The lowest BCUT2D eigenvalue weighted by Crippen LogP contribution is -2.34. The van der Waals surface area contributed by atoms with Crippen LogP contribution < -0.4 is 14.8 Å². The van der Waals surface area contributed by atoms with Crippen molar-refractivity contribution in [3.63, 3.8) is 0 Å².